The van der Waals surface area contributed by atoms with Crippen LogP contribution in [0.5, 0.6) is 0 Å². The van der Waals surface area contributed by atoms with Crippen molar-refractivity contribution in [1.29, 1.82) is 10.5 Å². The van der Waals surface area contributed by atoms with Gasteiger partial charge in [0.05, 0.1) is 29.8 Å². The fraction of sp³-hybridized carbons (Fsp3) is 0.450. The lowest BCUT2D eigenvalue weighted by atomic mass is 9.69. The van der Waals surface area contributed by atoms with E-state index in [4.69, 9.17) is 11.0 Å². The first-order valence-corrected chi connectivity index (χ1v) is 9.21. The Morgan fingerprint density at radius 2 is 1.96 bits per heavy atom. The molecule has 26 heavy (non-hydrogen) atoms. The molecular formula is C20H25N6+. The van der Waals surface area contributed by atoms with E-state index in [9.17, 15) is 5.26 Å². The molecule has 0 atom stereocenters. The number of aryl methyl sites for hydroxylation is 1. The van der Waals surface area contributed by atoms with Gasteiger partial charge in [0.2, 0.25) is 0 Å². The molecule has 0 spiro atoms. The highest BCUT2D eigenvalue weighted by Crippen LogP contribution is 2.38. The smallest absolute Gasteiger partial charge is 0.163 e. The van der Waals surface area contributed by atoms with Crippen LogP contribution in [0.4, 0.5) is 5.82 Å². The summed E-state index contributed by atoms with van der Waals surface area (Å²) in [5, 5.41) is 28.0. The zero-order chi connectivity index (χ0) is 18.4. The van der Waals surface area contributed by atoms with Gasteiger partial charge in [-0.2, -0.15) is 15.6 Å². The first-order valence-electron chi connectivity index (χ1n) is 9.21. The number of hydrogen-bond donors (Lipinski definition) is 3. The number of rotatable bonds is 6. The third kappa shape index (κ3) is 3.71. The highest BCUT2D eigenvalue weighted by molar-refractivity contribution is 5.50. The van der Waals surface area contributed by atoms with E-state index in [0.717, 1.165) is 56.3 Å². The number of nitrogens with two attached hydrogens (primary N) is 2. The number of anilines is 1. The van der Waals surface area contributed by atoms with Crippen molar-refractivity contribution in [3.8, 4) is 12.1 Å². The van der Waals surface area contributed by atoms with Crippen LogP contribution in [0.15, 0.2) is 30.3 Å². The van der Waals surface area contributed by atoms with Gasteiger partial charge in [-0.05, 0) is 24.8 Å². The number of nitrogens with one attached hydrogen (secondary N) is 1. The maximum absolute atomic E-state index is 9.77. The molecule has 0 bridgehead atoms. The monoisotopic (exact) mass is 349 g/mol. The van der Waals surface area contributed by atoms with Crippen molar-refractivity contribution in [1.82, 2.24) is 10.2 Å². The molecule has 1 saturated carbocycles. The number of aromatic nitrogens is 2. The Morgan fingerprint density at radius 1 is 1.23 bits per heavy atom. The minimum absolute atomic E-state index is 0.285. The molecule has 1 aromatic heterocycles. The molecule has 0 radical (unpaired) electrons. The molecule has 0 saturated heterocycles. The minimum Gasteiger partial charge on any atom is -0.381 e. The standard InChI is InChI=1S/C20H24N6/c21-13-17-18(25-26-19(17)23)7-4-12-24-16-8-10-20(14-22,11-9-16)15-5-2-1-3-6-15/h1-3,5-6,16,24H,4,7-12H2,(H3,23,25,26)/p+1. The van der Waals surface area contributed by atoms with Crippen LogP contribution < -0.4 is 11.1 Å². The summed E-state index contributed by atoms with van der Waals surface area (Å²) in [6, 6.07) is 15.5. The number of hydrogen-bond acceptors (Lipinski definition) is 4. The predicted molar refractivity (Wildman–Crippen MR) is 98.8 cm³/mol. The Bertz CT molecular complexity index is 803. The fourth-order valence-electron chi connectivity index (χ4n) is 3.92. The molecule has 2 aromatic rings. The highest BCUT2D eigenvalue weighted by Gasteiger charge is 2.38. The van der Waals surface area contributed by atoms with Gasteiger partial charge in [-0.3, -0.25) is 5.10 Å². The molecule has 0 unspecified atom stereocenters. The molecule has 6 heteroatoms. The number of quaternary nitrogens is 1. The molecule has 1 fully saturated rings. The summed E-state index contributed by atoms with van der Waals surface area (Å²) < 4.78 is 0. The van der Waals surface area contributed by atoms with E-state index in [2.05, 4.69) is 39.8 Å². The van der Waals surface area contributed by atoms with Gasteiger partial charge in [-0.1, -0.05) is 30.3 Å². The van der Waals surface area contributed by atoms with Gasteiger partial charge in [0.15, 0.2) is 5.82 Å². The van der Waals surface area contributed by atoms with E-state index in [-0.39, 0.29) is 11.2 Å². The number of nitrogens with zero attached hydrogens (tertiary/aromatic N) is 3. The molecular weight excluding hydrogens is 324 g/mol. The Labute approximate surface area is 154 Å². The van der Waals surface area contributed by atoms with E-state index < -0.39 is 0 Å². The van der Waals surface area contributed by atoms with Crippen molar-refractivity contribution in [2.24, 2.45) is 0 Å². The van der Waals surface area contributed by atoms with Crippen molar-refractivity contribution in [3.05, 3.63) is 47.2 Å². The average molecular weight is 349 g/mol. The number of aromatic amines is 1. The Balaban J connectivity index is 1.46. The second-order valence-corrected chi connectivity index (χ2v) is 7.10. The lowest BCUT2D eigenvalue weighted by Gasteiger charge is -2.34. The molecule has 1 aromatic carbocycles. The van der Waals surface area contributed by atoms with Crippen molar-refractivity contribution in [2.75, 3.05) is 12.3 Å². The van der Waals surface area contributed by atoms with Crippen molar-refractivity contribution in [3.63, 3.8) is 0 Å². The van der Waals surface area contributed by atoms with Crippen LogP contribution >= 0.6 is 0 Å². The minimum atomic E-state index is -0.319. The first-order chi connectivity index (χ1) is 12.7. The zero-order valence-corrected chi connectivity index (χ0v) is 14.9. The molecule has 1 aliphatic carbocycles. The van der Waals surface area contributed by atoms with E-state index >= 15 is 0 Å². The van der Waals surface area contributed by atoms with Crippen LogP contribution in [-0.4, -0.2) is 22.8 Å². The van der Waals surface area contributed by atoms with E-state index in [0.29, 0.717) is 11.6 Å². The number of nitrogen functional groups attached to an aromatic ring is 1. The van der Waals surface area contributed by atoms with Crippen molar-refractivity contribution in [2.45, 2.75) is 50.0 Å². The normalized spacial score (nSPS) is 22.5. The van der Waals surface area contributed by atoms with E-state index in [1.54, 1.807) is 0 Å². The largest absolute Gasteiger partial charge is 0.381 e. The number of nitriles is 2. The highest BCUT2D eigenvalue weighted by atomic mass is 15.2. The van der Waals surface area contributed by atoms with E-state index in [1.165, 1.54) is 0 Å². The zero-order valence-electron chi connectivity index (χ0n) is 14.9. The summed E-state index contributed by atoms with van der Waals surface area (Å²) in [4.78, 5) is 0. The number of H-pyrrole nitrogens is 1. The summed E-state index contributed by atoms with van der Waals surface area (Å²) >= 11 is 0. The lowest BCUT2D eigenvalue weighted by molar-refractivity contribution is -0.692. The van der Waals surface area contributed by atoms with Gasteiger partial charge in [0, 0.05) is 19.3 Å². The summed E-state index contributed by atoms with van der Waals surface area (Å²) in [6.45, 7) is 0.999. The second kappa shape index (κ2) is 8.03. The Hall–Kier alpha value is -2.83. The van der Waals surface area contributed by atoms with E-state index in [1.807, 2.05) is 18.2 Å². The molecule has 6 nitrogen and oxygen atoms in total. The first kappa shape index (κ1) is 18.0. The third-order valence-electron chi connectivity index (χ3n) is 5.54. The van der Waals surface area contributed by atoms with Crippen LogP contribution in [0.2, 0.25) is 0 Å². The Morgan fingerprint density at radius 3 is 2.62 bits per heavy atom. The molecule has 3 rings (SSSR count). The van der Waals surface area contributed by atoms with Gasteiger partial charge in [0.1, 0.15) is 11.6 Å². The summed E-state index contributed by atoms with van der Waals surface area (Å²) in [5.41, 5.74) is 7.80. The fourth-order valence-corrected chi connectivity index (χ4v) is 3.92. The second-order valence-electron chi connectivity index (χ2n) is 7.10. The Kier molecular flexibility index (Phi) is 5.55. The van der Waals surface area contributed by atoms with Crippen LogP contribution in [0.1, 0.15) is 48.9 Å². The summed E-state index contributed by atoms with van der Waals surface area (Å²) in [7, 11) is 0. The van der Waals surface area contributed by atoms with Gasteiger partial charge in [-0.15, -0.1) is 0 Å². The maximum Gasteiger partial charge on any atom is 0.163 e. The van der Waals surface area contributed by atoms with Crippen molar-refractivity contribution >= 4 is 5.82 Å². The van der Waals surface area contributed by atoms with Crippen molar-refractivity contribution < 1.29 is 5.32 Å². The van der Waals surface area contributed by atoms with Gasteiger partial charge in [0.25, 0.3) is 0 Å². The average Bonchev–Trinajstić information content (AvgIpc) is 3.06. The molecule has 5 N–H and O–H groups in total. The van der Waals surface area contributed by atoms with Crippen LogP contribution in [0, 0.1) is 22.7 Å². The quantitative estimate of drug-likeness (QED) is 0.688. The molecule has 1 aliphatic rings. The van der Waals surface area contributed by atoms with Gasteiger partial charge >= 0.3 is 0 Å². The molecule has 0 aliphatic heterocycles. The van der Waals surface area contributed by atoms with Crippen LogP contribution in [0.3, 0.4) is 0 Å². The molecule has 134 valence electrons. The van der Waals surface area contributed by atoms with Gasteiger partial charge < -0.3 is 11.1 Å². The number of benzene rings is 1. The maximum atomic E-state index is 9.77. The van der Waals surface area contributed by atoms with Crippen LogP contribution in [-0.2, 0) is 11.8 Å². The lowest BCUT2D eigenvalue weighted by Crippen LogP contribution is -2.90. The van der Waals surface area contributed by atoms with Gasteiger partial charge in [-0.25, -0.2) is 0 Å². The SMILES string of the molecule is N#Cc1c(N)n[nH]c1CCC[NH2+]C1CCC(C#N)(c2ccccc2)CC1. The predicted octanol–water partition coefficient (Wildman–Crippen LogP) is 1.76. The summed E-state index contributed by atoms with van der Waals surface area (Å²) in [5.74, 6) is 0.285. The molecule has 1 heterocycles. The summed E-state index contributed by atoms with van der Waals surface area (Å²) in [6.07, 6.45) is 5.71. The third-order valence-corrected chi connectivity index (χ3v) is 5.54. The topological polar surface area (TPSA) is 119 Å². The van der Waals surface area contributed by atoms with Crippen LogP contribution in [0.25, 0.3) is 0 Å². The molecule has 0 amide bonds.